The number of β-lactam (4-membered cyclic amide) rings is 1. The lowest BCUT2D eigenvalue weighted by Gasteiger charge is -2.49. The molecule has 0 aliphatic carbocycles. The third-order valence-electron chi connectivity index (χ3n) is 5.10. The van der Waals surface area contributed by atoms with E-state index in [0.29, 0.717) is 11.3 Å². The second kappa shape index (κ2) is 12.7. The predicted molar refractivity (Wildman–Crippen MR) is 143 cm³/mol. The van der Waals surface area contributed by atoms with Gasteiger partial charge in [-0.1, -0.05) is 36.0 Å². The van der Waals surface area contributed by atoms with Crippen LogP contribution in [0, 0.1) is 0 Å². The molecule has 1 saturated heterocycles. The second-order valence-corrected chi connectivity index (χ2v) is 11.1. The number of carboxylic acids is 2. The van der Waals surface area contributed by atoms with Crippen molar-refractivity contribution in [3.8, 4) is 0 Å². The van der Waals surface area contributed by atoms with Crippen LogP contribution in [0.5, 0.6) is 0 Å². The number of anilines is 1. The van der Waals surface area contributed by atoms with Gasteiger partial charge in [0.1, 0.15) is 22.8 Å². The molecule has 1 aromatic carbocycles. The van der Waals surface area contributed by atoms with E-state index >= 15 is 0 Å². The Morgan fingerprint density at radius 2 is 1.95 bits per heavy atom. The third kappa shape index (κ3) is 7.03. The van der Waals surface area contributed by atoms with Crippen LogP contribution in [0.4, 0.5) is 5.13 Å². The molecule has 2 aliphatic heterocycles. The molecular formula is C22H21N5O10S3. The van der Waals surface area contributed by atoms with Crippen LogP contribution in [0.2, 0.25) is 0 Å². The Kier molecular flexibility index (Phi) is 9.64. The van der Waals surface area contributed by atoms with Crippen molar-refractivity contribution in [1.82, 2.24) is 15.2 Å². The van der Waals surface area contributed by atoms with Gasteiger partial charge in [-0.15, -0.1) is 23.1 Å². The van der Waals surface area contributed by atoms with Gasteiger partial charge in [-0.3, -0.25) is 19.0 Å². The van der Waals surface area contributed by atoms with Crippen molar-refractivity contribution < 1.29 is 47.2 Å². The molecule has 1 fully saturated rings. The lowest BCUT2D eigenvalue weighted by molar-refractivity contribution is -0.150. The molecule has 1 aromatic heterocycles. The molecule has 2 aromatic rings. The molecule has 6 N–H and O–H groups in total. The normalized spacial score (nSPS) is 18.5. The maximum Gasteiger partial charge on any atom is 0.352 e. The van der Waals surface area contributed by atoms with Crippen molar-refractivity contribution in [3.05, 3.63) is 65.3 Å². The summed E-state index contributed by atoms with van der Waals surface area (Å²) in [5.74, 6) is -3.72. The number of amides is 2. The number of thiazole rings is 1. The molecule has 3 heterocycles. The fourth-order valence-corrected chi connectivity index (χ4v) is 5.74. The van der Waals surface area contributed by atoms with Crippen LogP contribution < -0.4 is 11.1 Å². The van der Waals surface area contributed by atoms with Gasteiger partial charge in [0, 0.05) is 11.1 Å². The second-order valence-electron chi connectivity index (χ2n) is 7.71. The molecule has 40 heavy (non-hydrogen) atoms. The van der Waals surface area contributed by atoms with E-state index in [2.05, 4.69) is 26.9 Å². The summed E-state index contributed by atoms with van der Waals surface area (Å²) < 4.78 is 29.2. The summed E-state index contributed by atoms with van der Waals surface area (Å²) in [6, 6.07) is 6.41. The predicted octanol–water partition coefficient (Wildman–Crippen LogP) is 0.389. The molecule has 0 saturated carbocycles. The van der Waals surface area contributed by atoms with Crippen LogP contribution in [0.25, 0.3) is 0 Å². The van der Waals surface area contributed by atoms with Gasteiger partial charge in [0.15, 0.2) is 10.8 Å². The SMILES string of the molecule is C=CC1=C(C(=O)O)N2C(=O)[C@@H](NC(=O)/C(=N\OCC(=O)O)c3csc(N)n3)[C@H]2SC1.O=S(=O)(O)c1ccccc1. The number of nitrogens with two attached hydrogens (primary N) is 1. The Bertz CT molecular complexity index is 1500. The molecule has 0 unspecified atom stereocenters. The Morgan fingerprint density at radius 3 is 2.45 bits per heavy atom. The lowest BCUT2D eigenvalue weighted by atomic mass is 10.0. The third-order valence-corrected chi connectivity index (χ3v) is 7.94. The number of benzene rings is 1. The van der Waals surface area contributed by atoms with Crippen LogP contribution in [-0.4, -0.2) is 86.3 Å². The smallest absolute Gasteiger partial charge is 0.352 e. The number of hydrogen-bond acceptors (Lipinski definition) is 12. The number of thioether (sulfide) groups is 1. The van der Waals surface area contributed by atoms with Gasteiger partial charge < -0.3 is 26.1 Å². The molecule has 0 radical (unpaired) electrons. The molecular weight excluding hydrogens is 590 g/mol. The first-order valence-corrected chi connectivity index (χ1v) is 14.2. The van der Waals surface area contributed by atoms with E-state index in [-0.39, 0.29) is 27.1 Å². The van der Waals surface area contributed by atoms with E-state index < -0.39 is 51.9 Å². The summed E-state index contributed by atoms with van der Waals surface area (Å²) in [6.45, 7) is 2.77. The highest BCUT2D eigenvalue weighted by Crippen LogP contribution is 2.40. The Labute approximate surface area is 234 Å². The van der Waals surface area contributed by atoms with Crippen molar-refractivity contribution >= 4 is 67.8 Å². The van der Waals surface area contributed by atoms with Crippen LogP contribution in [0.1, 0.15) is 5.69 Å². The minimum atomic E-state index is -4.00. The standard InChI is InChI=1S/C16H15N5O7S2.C6H6O3S/c1-2-6-4-29-14-10(13(25)21(14)11(6)15(26)27)19-12(24)9(20-28-3-8(22)23)7-5-30-16(17)18-7;7-10(8,9)6-4-2-1-3-5-6/h2,5,10,14H,1,3-4H2,(H2,17,18)(H,19,24)(H,22,23)(H,26,27);1-5H,(H,7,8,9)/b20-9-;/t10-,14-;/m1./s1. The molecule has 18 heteroatoms. The number of aliphatic carboxylic acids is 2. The summed E-state index contributed by atoms with van der Waals surface area (Å²) in [6.07, 6.45) is 1.38. The highest BCUT2D eigenvalue weighted by molar-refractivity contribution is 8.00. The number of oxime groups is 1. The van der Waals surface area contributed by atoms with Gasteiger partial charge in [-0.2, -0.15) is 8.42 Å². The maximum atomic E-state index is 12.7. The van der Waals surface area contributed by atoms with Gasteiger partial charge in [0.05, 0.1) is 4.90 Å². The number of rotatable bonds is 9. The maximum absolute atomic E-state index is 12.7. The number of allylic oxidation sites excluding steroid dienone is 1. The van der Waals surface area contributed by atoms with Crippen molar-refractivity contribution in [2.45, 2.75) is 16.3 Å². The van der Waals surface area contributed by atoms with E-state index in [4.69, 9.17) is 15.4 Å². The molecule has 2 atom stereocenters. The molecule has 0 spiro atoms. The number of carboxylic acid groups (broad SMARTS) is 2. The number of aromatic nitrogens is 1. The number of nitrogens with one attached hydrogen (secondary N) is 1. The van der Waals surface area contributed by atoms with Gasteiger partial charge in [0.2, 0.25) is 6.61 Å². The van der Waals surface area contributed by atoms with Crippen LogP contribution in [0.3, 0.4) is 0 Å². The molecule has 0 bridgehead atoms. The zero-order chi connectivity index (χ0) is 29.6. The lowest BCUT2D eigenvalue weighted by Crippen LogP contribution is -2.71. The molecule has 212 valence electrons. The van der Waals surface area contributed by atoms with E-state index in [1.54, 1.807) is 18.2 Å². The van der Waals surface area contributed by atoms with Crippen molar-refractivity contribution in [3.63, 3.8) is 0 Å². The fourth-order valence-electron chi connectivity index (χ4n) is 3.35. The minimum absolute atomic E-state index is 0.0420. The first kappa shape index (κ1) is 30.3. The summed E-state index contributed by atoms with van der Waals surface area (Å²) in [5.41, 5.74) is 5.48. The Morgan fingerprint density at radius 1 is 1.27 bits per heavy atom. The molecule has 4 rings (SSSR count). The topological polar surface area (TPSA) is 239 Å². The van der Waals surface area contributed by atoms with Gasteiger partial charge in [0.25, 0.3) is 21.9 Å². The number of carbonyl (C=O) groups excluding carboxylic acids is 2. The van der Waals surface area contributed by atoms with Gasteiger partial charge >= 0.3 is 11.9 Å². The van der Waals surface area contributed by atoms with Gasteiger partial charge in [-0.25, -0.2) is 14.6 Å². The number of nitrogen functional groups attached to an aromatic ring is 1. The molecule has 2 aliphatic rings. The van der Waals surface area contributed by atoms with E-state index in [9.17, 15) is 32.7 Å². The zero-order valence-electron chi connectivity index (χ0n) is 20.2. The highest BCUT2D eigenvalue weighted by Gasteiger charge is 2.54. The summed E-state index contributed by atoms with van der Waals surface area (Å²) >= 11 is 2.30. The van der Waals surface area contributed by atoms with Gasteiger partial charge in [-0.05, 0) is 17.7 Å². The summed E-state index contributed by atoms with van der Waals surface area (Å²) in [4.78, 5) is 57.0. The van der Waals surface area contributed by atoms with Crippen LogP contribution >= 0.6 is 23.1 Å². The van der Waals surface area contributed by atoms with E-state index in [0.717, 1.165) is 16.2 Å². The Balaban J connectivity index is 0.000000371. The highest BCUT2D eigenvalue weighted by atomic mass is 32.2. The summed E-state index contributed by atoms with van der Waals surface area (Å²) in [7, 11) is -4.00. The average Bonchev–Trinajstić information content (AvgIpc) is 3.34. The van der Waals surface area contributed by atoms with Crippen molar-refractivity contribution in [2.24, 2.45) is 5.16 Å². The molecule has 2 amide bonds. The van der Waals surface area contributed by atoms with E-state index in [1.165, 1.54) is 35.4 Å². The van der Waals surface area contributed by atoms with Crippen LogP contribution in [0.15, 0.2) is 69.7 Å². The minimum Gasteiger partial charge on any atom is -0.479 e. The largest absolute Gasteiger partial charge is 0.479 e. The zero-order valence-corrected chi connectivity index (χ0v) is 22.6. The molecule has 15 nitrogen and oxygen atoms in total. The summed E-state index contributed by atoms with van der Waals surface area (Å²) in [5, 5.41) is 25.0. The number of carbonyl (C=O) groups is 4. The fraction of sp³-hybridized carbons (Fsp3) is 0.182. The first-order chi connectivity index (χ1) is 18.8. The first-order valence-electron chi connectivity index (χ1n) is 10.8. The number of nitrogens with zero attached hydrogens (tertiary/aromatic N) is 3. The monoisotopic (exact) mass is 611 g/mol. The Hall–Kier alpha value is -4.26. The average molecular weight is 612 g/mol. The van der Waals surface area contributed by atoms with Crippen LogP contribution in [-0.2, 0) is 34.1 Å². The van der Waals surface area contributed by atoms with E-state index in [1.807, 2.05) is 0 Å². The number of fused-ring (bicyclic) bond motifs is 1. The quantitative estimate of drug-likeness (QED) is 0.112. The van der Waals surface area contributed by atoms with Crippen molar-refractivity contribution in [2.75, 3.05) is 18.1 Å². The van der Waals surface area contributed by atoms with Crippen molar-refractivity contribution in [1.29, 1.82) is 0 Å². The number of hydrogen-bond donors (Lipinski definition) is 5.